The Bertz CT molecular complexity index is 450. The van der Waals surface area contributed by atoms with Gasteiger partial charge in [0.2, 0.25) is 0 Å². The van der Waals surface area contributed by atoms with Gasteiger partial charge in [-0.05, 0) is 31.5 Å². The lowest BCUT2D eigenvalue weighted by Crippen LogP contribution is -2.46. The molecule has 0 amide bonds. The van der Waals surface area contributed by atoms with E-state index in [-0.39, 0.29) is 12.2 Å². The number of nitrogens with two attached hydrogens (primary N) is 1. The van der Waals surface area contributed by atoms with Crippen molar-refractivity contribution in [3.8, 4) is 5.75 Å². The minimum Gasteiger partial charge on any atom is -0.507 e. The summed E-state index contributed by atoms with van der Waals surface area (Å²) in [5, 5.41) is 18.5. The molecule has 4 heteroatoms. The Balaban J connectivity index is 3.01. The quantitative estimate of drug-likeness (QED) is 0.742. The first-order valence-corrected chi connectivity index (χ1v) is 5.33. The van der Waals surface area contributed by atoms with Gasteiger partial charge in [0.1, 0.15) is 11.3 Å². The lowest BCUT2D eigenvalue weighted by molar-refractivity contribution is -0.142. The average molecular weight is 235 g/mol. The lowest BCUT2D eigenvalue weighted by Gasteiger charge is -2.19. The van der Waals surface area contributed by atoms with Crippen LogP contribution in [-0.2, 0) is 11.2 Å². The zero-order chi connectivity index (χ0) is 13.1. The summed E-state index contributed by atoms with van der Waals surface area (Å²) in [4.78, 5) is 10.9. The summed E-state index contributed by atoms with van der Waals surface area (Å²) in [7, 11) is 0. The van der Waals surface area contributed by atoms with Crippen molar-refractivity contribution in [2.45, 2.75) is 25.8 Å². The molecule has 0 fully saturated rings. The van der Waals surface area contributed by atoms with E-state index in [1.807, 2.05) is 6.92 Å². The average Bonchev–Trinajstić information content (AvgIpc) is 2.23. The maximum absolute atomic E-state index is 10.9. The Kier molecular flexibility index (Phi) is 3.91. The zero-order valence-corrected chi connectivity index (χ0v) is 9.97. The Morgan fingerprint density at radius 3 is 2.71 bits per heavy atom. The molecule has 0 saturated heterocycles. The number of carbonyl (C=O) groups is 1. The normalized spacial score (nSPS) is 14.8. The van der Waals surface area contributed by atoms with Gasteiger partial charge < -0.3 is 15.9 Å². The van der Waals surface area contributed by atoms with Gasteiger partial charge in [-0.25, -0.2) is 0 Å². The van der Waals surface area contributed by atoms with Gasteiger partial charge >= 0.3 is 5.97 Å². The third-order valence-corrected chi connectivity index (χ3v) is 2.50. The van der Waals surface area contributed by atoms with Gasteiger partial charge in [0.25, 0.3) is 0 Å². The molecule has 4 nitrogen and oxygen atoms in total. The predicted octanol–water partition coefficient (Wildman–Crippen LogP) is 1.77. The van der Waals surface area contributed by atoms with Gasteiger partial charge in [0.05, 0.1) is 0 Å². The molecule has 0 aromatic heterocycles. The first-order chi connectivity index (χ1) is 7.86. The van der Waals surface area contributed by atoms with E-state index in [4.69, 9.17) is 10.8 Å². The Hall–Kier alpha value is -1.81. The van der Waals surface area contributed by atoms with E-state index in [1.54, 1.807) is 30.4 Å². The number of hydrogen-bond acceptors (Lipinski definition) is 3. The van der Waals surface area contributed by atoms with E-state index < -0.39 is 11.5 Å². The van der Waals surface area contributed by atoms with Crippen LogP contribution in [0.15, 0.2) is 24.3 Å². The number of aliphatic carboxylic acids is 1. The lowest BCUT2D eigenvalue weighted by atomic mass is 9.93. The molecule has 0 heterocycles. The number of carboxylic acid groups (broad SMARTS) is 1. The van der Waals surface area contributed by atoms with Crippen molar-refractivity contribution in [2.24, 2.45) is 5.73 Å². The molecule has 0 aliphatic carbocycles. The van der Waals surface area contributed by atoms with Gasteiger partial charge in [-0.2, -0.15) is 0 Å². The molecular formula is C13H17NO3. The molecule has 0 bridgehead atoms. The highest BCUT2D eigenvalue weighted by molar-refractivity contribution is 5.78. The molecule has 1 aromatic rings. The van der Waals surface area contributed by atoms with E-state index in [1.165, 1.54) is 6.92 Å². The number of phenolic OH excluding ortho intramolecular Hbond substituents is 1. The third-order valence-electron chi connectivity index (χ3n) is 2.50. The first-order valence-electron chi connectivity index (χ1n) is 5.33. The van der Waals surface area contributed by atoms with Crippen LogP contribution < -0.4 is 5.73 Å². The van der Waals surface area contributed by atoms with Crippen molar-refractivity contribution in [3.63, 3.8) is 0 Å². The van der Waals surface area contributed by atoms with Gasteiger partial charge in [0, 0.05) is 12.0 Å². The van der Waals surface area contributed by atoms with Gasteiger partial charge in [0.15, 0.2) is 0 Å². The van der Waals surface area contributed by atoms with E-state index in [9.17, 15) is 9.90 Å². The number of rotatable bonds is 4. The summed E-state index contributed by atoms with van der Waals surface area (Å²) >= 11 is 0. The summed E-state index contributed by atoms with van der Waals surface area (Å²) < 4.78 is 0. The maximum atomic E-state index is 10.9. The fourth-order valence-electron chi connectivity index (χ4n) is 1.53. The van der Waals surface area contributed by atoms with E-state index in [0.717, 1.165) is 5.56 Å². The number of aromatic hydroxyl groups is 1. The van der Waals surface area contributed by atoms with E-state index >= 15 is 0 Å². The van der Waals surface area contributed by atoms with Gasteiger partial charge in [-0.15, -0.1) is 0 Å². The minimum absolute atomic E-state index is 0.167. The van der Waals surface area contributed by atoms with Crippen molar-refractivity contribution >= 4 is 12.0 Å². The SMILES string of the molecule is CC=Cc1cc(C[C@](C)(N)C(=O)O)ccc1O. The molecule has 0 unspecified atom stereocenters. The molecule has 0 spiro atoms. The predicted molar refractivity (Wildman–Crippen MR) is 66.7 cm³/mol. The zero-order valence-electron chi connectivity index (χ0n) is 9.97. The highest BCUT2D eigenvalue weighted by atomic mass is 16.4. The second-order valence-corrected chi connectivity index (χ2v) is 4.29. The fraction of sp³-hybridized carbons (Fsp3) is 0.308. The van der Waals surface area contributed by atoms with Crippen LogP contribution in [0, 0.1) is 0 Å². The maximum Gasteiger partial charge on any atom is 0.323 e. The van der Waals surface area contributed by atoms with Crippen LogP contribution in [0.25, 0.3) is 6.08 Å². The Morgan fingerprint density at radius 1 is 1.53 bits per heavy atom. The van der Waals surface area contributed by atoms with E-state index in [2.05, 4.69) is 0 Å². The number of phenols is 1. The Morgan fingerprint density at radius 2 is 2.18 bits per heavy atom. The van der Waals surface area contributed by atoms with E-state index in [0.29, 0.717) is 5.56 Å². The van der Waals surface area contributed by atoms with Crippen LogP contribution >= 0.6 is 0 Å². The molecule has 1 rings (SSSR count). The molecule has 1 aromatic carbocycles. The number of benzene rings is 1. The smallest absolute Gasteiger partial charge is 0.323 e. The number of carboxylic acids is 1. The molecule has 1 atom stereocenters. The summed E-state index contributed by atoms with van der Waals surface area (Å²) in [5.41, 5.74) is 5.81. The van der Waals surface area contributed by atoms with Gasteiger partial charge in [-0.3, -0.25) is 4.79 Å². The van der Waals surface area contributed by atoms with Crippen LogP contribution in [0.5, 0.6) is 5.75 Å². The monoisotopic (exact) mass is 235 g/mol. The molecule has 0 radical (unpaired) electrons. The summed E-state index contributed by atoms with van der Waals surface area (Å²) in [5.74, 6) is -0.876. The second-order valence-electron chi connectivity index (χ2n) is 4.29. The van der Waals surface area contributed by atoms with Gasteiger partial charge in [-0.1, -0.05) is 18.2 Å². The van der Waals surface area contributed by atoms with Crippen molar-refractivity contribution in [2.75, 3.05) is 0 Å². The first kappa shape index (κ1) is 13.3. The molecule has 0 saturated carbocycles. The van der Waals surface area contributed by atoms with Crippen LogP contribution in [0.4, 0.5) is 0 Å². The Labute approximate surface area is 100 Å². The summed E-state index contributed by atoms with van der Waals surface area (Å²) in [6.07, 6.45) is 3.78. The fourth-order valence-corrected chi connectivity index (χ4v) is 1.53. The van der Waals surface area contributed by atoms with Crippen molar-refractivity contribution < 1.29 is 15.0 Å². The largest absolute Gasteiger partial charge is 0.507 e. The molecule has 0 aliphatic rings. The minimum atomic E-state index is -1.30. The summed E-state index contributed by atoms with van der Waals surface area (Å²) in [6.45, 7) is 3.31. The van der Waals surface area contributed by atoms with Crippen LogP contribution in [0.2, 0.25) is 0 Å². The number of allylic oxidation sites excluding steroid dienone is 1. The molecular weight excluding hydrogens is 218 g/mol. The topological polar surface area (TPSA) is 83.6 Å². The second kappa shape index (κ2) is 5.01. The van der Waals surface area contributed by atoms with Crippen LogP contribution in [-0.4, -0.2) is 21.7 Å². The van der Waals surface area contributed by atoms with Crippen molar-refractivity contribution in [1.82, 2.24) is 0 Å². The van der Waals surface area contributed by atoms with Crippen LogP contribution in [0.3, 0.4) is 0 Å². The summed E-state index contributed by atoms with van der Waals surface area (Å²) in [6, 6.07) is 4.96. The highest BCUT2D eigenvalue weighted by Crippen LogP contribution is 2.22. The third kappa shape index (κ3) is 3.32. The molecule has 17 heavy (non-hydrogen) atoms. The molecule has 92 valence electrons. The van der Waals surface area contributed by atoms with Crippen molar-refractivity contribution in [1.29, 1.82) is 0 Å². The van der Waals surface area contributed by atoms with Crippen molar-refractivity contribution in [3.05, 3.63) is 35.4 Å². The standard InChI is InChI=1S/C13H17NO3/c1-3-4-10-7-9(5-6-11(10)15)8-13(2,14)12(16)17/h3-7,15H,8,14H2,1-2H3,(H,16,17)/t13-/m0/s1. The molecule has 4 N–H and O–H groups in total. The van der Waals surface area contributed by atoms with Crippen LogP contribution in [0.1, 0.15) is 25.0 Å². The number of hydrogen-bond donors (Lipinski definition) is 3. The highest BCUT2D eigenvalue weighted by Gasteiger charge is 2.28. The molecule has 0 aliphatic heterocycles.